The van der Waals surface area contributed by atoms with Gasteiger partial charge in [0.05, 0.1) is 12.1 Å². The summed E-state index contributed by atoms with van der Waals surface area (Å²) in [6, 6.07) is 9.45. The number of carbonyl (C=O) groups is 2. The number of carbonyl (C=O) groups excluding carboxylic acids is 2. The van der Waals surface area contributed by atoms with Crippen LogP contribution in [0.5, 0.6) is 0 Å². The van der Waals surface area contributed by atoms with Crippen LogP contribution in [0.2, 0.25) is 0 Å². The molecule has 0 aromatic heterocycles. The maximum Gasteiger partial charge on any atom is 0.417 e. The monoisotopic (exact) mass is 357 g/mol. The SMILES string of the molecule is C=CC[C@H](O)C[C@@H](C)C/C=C/C(=O)N1C(=O)OC[C@@H]1Cc1ccccc1. The van der Waals surface area contributed by atoms with Crippen molar-refractivity contribution in [2.45, 2.75) is 44.8 Å². The van der Waals surface area contributed by atoms with Crippen LogP contribution in [0.1, 0.15) is 31.7 Å². The van der Waals surface area contributed by atoms with E-state index < -0.39 is 12.2 Å². The first-order chi connectivity index (χ1) is 12.5. The van der Waals surface area contributed by atoms with E-state index in [4.69, 9.17) is 4.74 Å². The maximum atomic E-state index is 12.4. The molecule has 0 aliphatic carbocycles. The molecule has 140 valence electrons. The molecule has 0 spiro atoms. The van der Waals surface area contributed by atoms with Crippen molar-refractivity contribution in [1.82, 2.24) is 4.90 Å². The van der Waals surface area contributed by atoms with Crippen LogP contribution in [0.25, 0.3) is 0 Å². The smallest absolute Gasteiger partial charge is 0.417 e. The normalized spacial score (nSPS) is 19.4. The number of nitrogens with zero attached hydrogens (tertiary/aromatic N) is 1. The second-order valence-corrected chi connectivity index (χ2v) is 6.79. The van der Waals surface area contributed by atoms with Crippen molar-refractivity contribution < 1.29 is 19.4 Å². The molecule has 1 N–H and O–H groups in total. The minimum absolute atomic E-state index is 0.220. The van der Waals surface area contributed by atoms with E-state index >= 15 is 0 Å². The van der Waals surface area contributed by atoms with Crippen LogP contribution >= 0.6 is 0 Å². The Morgan fingerprint density at radius 3 is 2.81 bits per heavy atom. The first kappa shape index (κ1) is 19.9. The highest BCUT2D eigenvalue weighted by Gasteiger charge is 2.36. The number of allylic oxidation sites excluding steroid dienone is 1. The van der Waals surface area contributed by atoms with E-state index in [0.29, 0.717) is 25.7 Å². The van der Waals surface area contributed by atoms with Crippen LogP contribution in [0.3, 0.4) is 0 Å². The molecular formula is C21H27NO4. The molecule has 1 heterocycles. The summed E-state index contributed by atoms with van der Waals surface area (Å²) in [5.41, 5.74) is 1.06. The van der Waals surface area contributed by atoms with Crippen molar-refractivity contribution >= 4 is 12.0 Å². The minimum Gasteiger partial charge on any atom is -0.447 e. The largest absolute Gasteiger partial charge is 0.447 e. The summed E-state index contributed by atoms with van der Waals surface area (Å²) in [6.45, 7) is 5.85. The second kappa shape index (κ2) is 9.92. The third-order valence-corrected chi connectivity index (χ3v) is 4.42. The molecule has 0 radical (unpaired) electrons. The maximum absolute atomic E-state index is 12.4. The average molecular weight is 357 g/mol. The molecule has 0 saturated carbocycles. The van der Waals surface area contributed by atoms with Crippen molar-refractivity contribution in [2.75, 3.05) is 6.61 Å². The Labute approximate surface area is 155 Å². The molecule has 5 heteroatoms. The van der Waals surface area contributed by atoms with Crippen molar-refractivity contribution in [2.24, 2.45) is 5.92 Å². The van der Waals surface area contributed by atoms with E-state index in [1.165, 1.54) is 11.0 Å². The van der Waals surface area contributed by atoms with Gasteiger partial charge in [-0.2, -0.15) is 0 Å². The Balaban J connectivity index is 1.89. The number of cyclic esters (lactones) is 1. The molecule has 1 fully saturated rings. The summed E-state index contributed by atoms with van der Waals surface area (Å²) in [7, 11) is 0. The average Bonchev–Trinajstić information content (AvgIpc) is 2.96. The highest BCUT2D eigenvalue weighted by atomic mass is 16.6. The highest BCUT2D eigenvalue weighted by Crippen LogP contribution is 2.18. The van der Waals surface area contributed by atoms with Gasteiger partial charge in [-0.25, -0.2) is 9.69 Å². The number of hydrogen-bond acceptors (Lipinski definition) is 4. The van der Waals surface area contributed by atoms with E-state index in [1.807, 2.05) is 37.3 Å². The number of imide groups is 1. The van der Waals surface area contributed by atoms with E-state index in [0.717, 1.165) is 5.56 Å². The number of ether oxygens (including phenoxy) is 1. The van der Waals surface area contributed by atoms with Gasteiger partial charge in [-0.3, -0.25) is 4.79 Å². The van der Waals surface area contributed by atoms with Crippen molar-refractivity contribution in [3.05, 3.63) is 60.7 Å². The summed E-state index contributed by atoms with van der Waals surface area (Å²) >= 11 is 0. The predicted octanol–water partition coefficient (Wildman–Crippen LogP) is 3.49. The Morgan fingerprint density at radius 2 is 2.12 bits per heavy atom. The van der Waals surface area contributed by atoms with Crippen LogP contribution < -0.4 is 0 Å². The topological polar surface area (TPSA) is 66.8 Å². The molecule has 1 aromatic carbocycles. The first-order valence-electron chi connectivity index (χ1n) is 9.00. The summed E-state index contributed by atoms with van der Waals surface area (Å²) in [4.78, 5) is 25.6. The van der Waals surface area contributed by atoms with Gasteiger partial charge >= 0.3 is 6.09 Å². The van der Waals surface area contributed by atoms with Gasteiger partial charge in [-0.1, -0.05) is 49.4 Å². The van der Waals surface area contributed by atoms with Gasteiger partial charge in [0.25, 0.3) is 5.91 Å². The Kier molecular flexibility index (Phi) is 7.60. The molecule has 1 aliphatic heterocycles. The molecule has 1 aliphatic rings. The summed E-state index contributed by atoms with van der Waals surface area (Å²) < 4.78 is 5.07. The fourth-order valence-corrected chi connectivity index (χ4v) is 3.10. The molecule has 3 atom stereocenters. The summed E-state index contributed by atoms with van der Waals surface area (Å²) in [5.74, 6) is -0.119. The third kappa shape index (κ3) is 5.85. The standard InChI is InChI=1S/C21H27NO4/c1-3-8-19(23)13-16(2)9-7-12-20(24)22-18(15-26-21(22)25)14-17-10-5-4-6-11-17/h3-7,10-12,16,18-19,23H,1,8-9,13-15H2,2H3/b12-7+/t16-,18-,19-/m0/s1. The van der Waals surface area contributed by atoms with Crippen molar-refractivity contribution in [1.29, 1.82) is 0 Å². The van der Waals surface area contributed by atoms with Crippen LogP contribution in [0.4, 0.5) is 4.79 Å². The number of benzene rings is 1. The van der Waals surface area contributed by atoms with Gasteiger partial charge in [-0.15, -0.1) is 6.58 Å². The third-order valence-electron chi connectivity index (χ3n) is 4.42. The van der Waals surface area contributed by atoms with Gasteiger partial charge in [0.1, 0.15) is 6.61 Å². The fourth-order valence-electron chi connectivity index (χ4n) is 3.10. The zero-order valence-electron chi connectivity index (χ0n) is 15.2. The van der Waals surface area contributed by atoms with Crippen LogP contribution in [0.15, 0.2) is 55.1 Å². The zero-order chi connectivity index (χ0) is 18.9. The molecule has 2 amide bonds. The van der Waals surface area contributed by atoms with Gasteiger partial charge in [0, 0.05) is 0 Å². The predicted molar refractivity (Wildman–Crippen MR) is 100 cm³/mol. The molecule has 5 nitrogen and oxygen atoms in total. The lowest BCUT2D eigenvalue weighted by Crippen LogP contribution is -2.39. The Morgan fingerprint density at radius 1 is 1.38 bits per heavy atom. The zero-order valence-corrected chi connectivity index (χ0v) is 15.2. The molecule has 26 heavy (non-hydrogen) atoms. The highest BCUT2D eigenvalue weighted by molar-refractivity contribution is 5.99. The second-order valence-electron chi connectivity index (χ2n) is 6.79. The summed E-state index contributed by atoms with van der Waals surface area (Å²) in [5, 5.41) is 9.78. The number of hydrogen-bond donors (Lipinski definition) is 1. The molecule has 2 rings (SSSR count). The van der Waals surface area contributed by atoms with E-state index in [-0.39, 0.29) is 24.5 Å². The van der Waals surface area contributed by atoms with Crippen molar-refractivity contribution in [3.63, 3.8) is 0 Å². The molecular weight excluding hydrogens is 330 g/mol. The van der Waals surface area contributed by atoms with Crippen LogP contribution in [-0.4, -0.2) is 40.8 Å². The molecule has 1 saturated heterocycles. The van der Waals surface area contributed by atoms with Gasteiger partial charge in [0.15, 0.2) is 0 Å². The lowest BCUT2D eigenvalue weighted by Gasteiger charge is -2.18. The van der Waals surface area contributed by atoms with E-state index in [9.17, 15) is 14.7 Å². The number of aliphatic hydroxyl groups is 1. The lowest BCUT2D eigenvalue weighted by atomic mass is 9.98. The fraction of sp³-hybridized carbons (Fsp3) is 0.429. The van der Waals surface area contributed by atoms with Gasteiger partial charge in [-0.05, 0) is 43.2 Å². The molecule has 0 unspecified atom stereocenters. The van der Waals surface area contributed by atoms with Gasteiger partial charge < -0.3 is 9.84 Å². The molecule has 1 aromatic rings. The Bertz CT molecular complexity index is 641. The number of amides is 2. The van der Waals surface area contributed by atoms with Gasteiger partial charge in [0.2, 0.25) is 0 Å². The van der Waals surface area contributed by atoms with E-state index in [1.54, 1.807) is 12.2 Å². The number of aliphatic hydroxyl groups excluding tert-OH is 1. The first-order valence-corrected chi connectivity index (χ1v) is 9.00. The molecule has 0 bridgehead atoms. The van der Waals surface area contributed by atoms with Crippen LogP contribution in [0, 0.1) is 5.92 Å². The van der Waals surface area contributed by atoms with E-state index in [2.05, 4.69) is 6.58 Å². The van der Waals surface area contributed by atoms with Crippen LogP contribution in [-0.2, 0) is 16.0 Å². The summed E-state index contributed by atoms with van der Waals surface area (Å²) in [6.07, 6.45) is 6.34. The Hall–Kier alpha value is -2.40. The lowest BCUT2D eigenvalue weighted by molar-refractivity contribution is -0.124. The number of rotatable bonds is 9. The van der Waals surface area contributed by atoms with Crippen molar-refractivity contribution in [3.8, 4) is 0 Å². The quantitative estimate of drug-likeness (QED) is 0.543. The minimum atomic E-state index is -0.588.